The summed E-state index contributed by atoms with van der Waals surface area (Å²) in [5.41, 5.74) is 6.23. The third-order valence-electron chi connectivity index (χ3n) is 3.91. The molecule has 2 heterocycles. The van der Waals surface area contributed by atoms with E-state index in [-0.39, 0.29) is 27.3 Å². The number of nitrogen functional groups attached to an aromatic ring is 1. The summed E-state index contributed by atoms with van der Waals surface area (Å²) in [6, 6.07) is 4.54. The Balaban J connectivity index is 2.14. The summed E-state index contributed by atoms with van der Waals surface area (Å²) in [4.78, 5) is 25.8. The maximum absolute atomic E-state index is 15.4. The molecule has 2 aromatic heterocycles. The van der Waals surface area contributed by atoms with Gasteiger partial charge in [0.2, 0.25) is 5.91 Å². The molecule has 152 valence electrons. The first kappa shape index (κ1) is 21.5. The molecule has 0 atom stereocenters. The molecule has 0 spiro atoms. The smallest absolute Gasteiger partial charge is 0.229 e. The highest BCUT2D eigenvalue weighted by atomic mass is 35.5. The lowest BCUT2D eigenvalue weighted by molar-refractivity contribution is -0.123. The number of carbonyl (C=O) groups excluding carboxylic acids is 1. The quantitative estimate of drug-likeness (QED) is 0.410. The van der Waals surface area contributed by atoms with Gasteiger partial charge in [0.05, 0.1) is 22.0 Å². The highest BCUT2D eigenvalue weighted by molar-refractivity contribution is 7.98. The number of halogens is 2. The van der Waals surface area contributed by atoms with Crippen LogP contribution in [0.1, 0.15) is 20.8 Å². The lowest BCUT2D eigenvalue weighted by atomic mass is 9.95. The number of hydrogen-bond donors (Lipinski definition) is 2. The van der Waals surface area contributed by atoms with E-state index >= 15 is 4.39 Å². The number of hydrogen-bond acceptors (Lipinski definition) is 7. The van der Waals surface area contributed by atoms with Crippen molar-refractivity contribution in [1.29, 1.82) is 0 Å². The fourth-order valence-electron chi connectivity index (χ4n) is 2.42. The van der Waals surface area contributed by atoms with E-state index < -0.39 is 11.2 Å². The van der Waals surface area contributed by atoms with Gasteiger partial charge in [0.25, 0.3) is 0 Å². The van der Waals surface area contributed by atoms with Crippen LogP contribution in [-0.4, -0.2) is 27.1 Å². The van der Waals surface area contributed by atoms with Crippen LogP contribution in [0.2, 0.25) is 5.02 Å². The molecule has 6 nitrogen and oxygen atoms in total. The number of rotatable bonds is 4. The molecule has 0 unspecified atom stereocenters. The molecule has 1 aromatic carbocycles. The Morgan fingerprint density at radius 1 is 1.31 bits per heavy atom. The molecule has 0 bridgehead atoms. The zero-order chi connectivity index (χ0) is 21.3. The Kier molecular flexibility index (Phi) is 6.11. The van der Waals surface area contributed by atoms with Crippen molar-refractivity contribution in [2.75, 3.05) is 17.3 Å². The Hall–Kier alpha value is -2.23. The van der Waals surface area contributed by atoms with Gasteiger partial charge >= 0.3 is 0 Å². The van der Waals surface area contributed by atoms with Gasteiger partial charge in [-0.3, -0.25) is 4.79 Å². The van der Waals surface area contributed by atoms with Crippen LogP contribution in [0, 0.1) is 11.2 Å². The molecular weight excluding hydrogens is 433 g/mol. The average Bonchev–Trinajstić information content (AvgIpc) is 3.05. The molecule has 3 aromatic rings. The number of benzene rings is 1. The molecule has 0 saturated carbocycles. The van der Waals surface area contributed by atoms with Gasteiger partial charge in [-0.15, -0.1) is 0 Å². The van der Waals surface area contributed by atoms with Gasteiger partial charge in [-0.05, 0) is 24.5 Å². The average molecular weight is 452 g/mol. The molecule has 29 heavy (non-hydrogen) atoms. The summed E-state index contributed by atoms with van der Waals surface area (Å²) in [7, 11) is 0. The normalized spacial score (nSPS) is 11.5. The monoisotopic (exact) mass is 451 g/mol. The number of thioether (sulfide) groups is 1. The number of aromatic nitrogens is 3. The van der Waals surface area contributed by atoms with Crippen molar-refractivity contribution in [3.8, 4) is 21.8 Å². The SMILES string of the molecule is CSc1nccc(-c2sc(N)nc2-c2cc(Cl)cc(NC(=O)C(C)(C)C)c2F)n1. The predicted octanol–water partition coefficient (Wildman–Crippen LogP) is 5.35. The molecule has 0 radical (unpaired) electrons. The van der Waals surface area contributed by atoms with E-state index in [0.717, 1.165) is 0 Å². The number of nitrogens with zero attached hydrogens (tertiary/aromatic N) is 3. The van der Waals surface area contributed by atoms with Crippen LogP contribution in [0.3, 0.4) is 0 Å². The molecule has 0 aliphatic carbocycles. The molecule has 3 N–H and O–H groups in total. The Labute approximate surface area is 181 Å². The fraction of sp³-hybridized carbons (Fsp3) is 0.263. The first-order valence-electron chi connectivity index (χ1n) is 8.54. The molecule has 0 saturated heterocycles. The van der Waals surface area contributed by atoms with Crippen molar-refractivity contribution in [3.63, 3.8) is 0 Å². The standard InChI is InChI=1S/C19H19ClFN5OS2/c1-19(2,3)16(27)24-12-8-9(20)7-10(13(12)21)14-15(29-17(22)26-14)11-5-6-23-18(25-11)28-4/h5-8H,1-4H3,(H2,22,26)(H,24,27). The van der Waals surface area contributed by atoms with Crippen LogP contribution in [0.4, 0.5) is 15.2 Å². The molecule has 10 heteroatoms. The third-order valence-corrected chi connectivity index (χ3v) is 5.60. The van der Waals surface area contributed by atoms with Crippen LogP contribution in [0.25, 0.3) is 21.8 Å². The van der Waals surface area contributed by atoms with Crippen LogP contribution >= 0.6 is 34.7 Å². The molecule has 0 aliphatic heterocycles. The van der Waals surface area contributed by atoms with Crippen molar-refractivity contribution in [2.45, 2.75) is 25.9 Å². The van der Waals surface area contributed by atoms with Gasteiger partial charge < -0.3 is 11.1 Å². The summed E-state index contributed by atoms with van der Waals surface area (Å²) in [5.74, 6) is -0.972. The first-order valence-corrected chi connectivity index (χ1v) is 11.0. The van der Waals surface area contributed by atoms with Crippen molar-refractivity contribution in [2.24, 2.45) is 5.41 Å². The van der Waals surface area contributed by atoms with E-state index in [2.05, 4.69) is 20.3 Å². The van der Waals surface area contributed by atoms with Crippen molar-refractivity contribution < 1.29 is 9.18 Å². The largest absolute Gasteiger partial charge is 0.375 e. The molecule has 1 amide bonds. The van der Waals surface area contributed by atoms with Gasteiger partial charge in [-0.25, -0.2) is 19.3 Å². The minimum absolute atomic E-state index is 0.0163. The first-order chi connectivity index (χ1) is 13.6. The van der Waals surface area contributed by atoms with Gasteiger partial charge in [-0.1, -0.05) is 55.5 Å². The second-order valence-electron chi connectivity index (χ2n) is 7.18. The highest BCUT2D eigenvalue weighted by Gasteiger charge is 2.25. The summed E-state index contributed by atoms with van der Waals surface area (Å²) in [6.45, 7) is 5.22. The maximum atomic E-state index is 15.4. The van der Waals surface area contributed by atoms with Crippen LogP contribution in [0.15, 0.2) is 29.6 Å². The fourth-order valence-corrected chi connectivity index (χ4v) is 3.81. The van der Waals surface area contributed by atoms with Crippen LogP contribution in [-0.2, 0) is 4.79 Å². The Morgan fingerprint density at radius 2 is 2.03 bits per heavy atom. The number of carbonyl (C=O) groups is 1. The zero-order valence-electron chi connectivity index (χ0n) is 16.2. The summed E-state index contributed by atoms with van der Waals surface area (Å²) >= 11 is 8.80. The minimum Gasteiger partial charge on any atom is -0.375 e. The van der Waals surface area contributed by atoms with Gasteiger partial charge in [0, 0.05) is 22.2 Å². The van der Waals surface area contributed by atoms with Gasteiger partial charge in [0.15, 0.2) is 16.1 Å². The second kappa shape index (κ2) is 8.25. The molecule has 3 rings (SSSR count). The van der Waals surface area contributed by atoms with E-state index in [0.29, 0.717) is 21.4 Å². The minimum atomic E-state index is -0.694. The van der Waals surface area contributed by atoms with E-state index in [1.807, 2.05) is 6.26 Å². The summed E-state index contributed by atoms with van der Waals surface area (Å²) < 4.78 is 15.4. The Morgan fingerprint density at radius 3 is 2.69 bits per heavy atom. The lowest BCUT2D eigenvalue weighted by Gasteiger charge is -2.19. The number of thiazole rings is 1. The maximum Gasteiger partial charge on any atom is 0.229 e. The van der Waals surface area contributed by atoms with E-state index in [1.165, 1.54) is 35.2 Å². The van der Waals surface area contributed by atoms with E-state index in [4.69, 9.17) is 17.3 Å². The predicted molar refractivity (Wildman–Crippen MR) is 118 cm³/mol. The number of amides is 1. The number of anilines is 2. The van der Waals surface area contributed by atoms with E-state index in [9.17, 15) is 4.79 Å². The molecule has 0 fully saturated rings. The Bertz CT molecular complexity index is 1080. The number of nitrogens with one attached hydrogen (secondary N) is 1. The van der Waals surface area contributed by atoms with Crippen LogP contribution in [0.5, 0.6) is 0 Å². The highest BCUT2D eigenvalue weighted by Crippen LogP contribution is 2.41. The number of nitrogens with two attached hydrogens (primary N) is 1. The van der Waals surface area contributed by atoms with Crippen molar-refractivity contribution >= 4 is 51.4 Å². The zero-order valence-corrected chi connectivity index (χ0v) is 18.6. The second-order valence-corrected chi connectivity index (χ2v) is 9.42. The van der Waals surface area contributed by atoms with Crippen molar-refractivity contribution in [1.82, 2.24) is 15.0 Å². The van der Waals surface area contributed by atoms with Gasteiger partial charge in [-0.2, -0.15) is 0 Å². The van der Waals surface area contributed by atoms with E-state index in [1.54, 1.807) is 33.0 Å². The topological polar surface area (TPSA) is 93.8 Å². The molecular formula is C19H19ClFN5OS2. The van der Waals surface area contributed by atoms with Crippen LogP contribution < -0.4 is 11.1 Å². The molecule has 0 aliphatic rings. The van der Waals surface area contributed by atoms with Crippen molar-refractivity contribution in [3.05, 3.63) is 35.2 Å². The summed E-state index contributed by atoms with van der Waals surface area (Å²) in [5, 5.41) is 3.70. The third kappa shape index (κ3) is 4.68. The lowest BCUT2D eigenvalue weighted by Crippen LogP contribution is -2.28. The summed E-state index contributed by atoms with van der Waals surface area (Å²) in [6.07, 6.45) is 3.49. The van der Waals surface area contributed by atoms with Gasteiger partial charge in [0.1, 0.15) is 0 Å².